The van der Waals surface area contributed by atoms with Gasteiger partial charge in [-0.1, -0.05) is 24.1 Å². The number of hydrogen-bond donors (Lipinski definition) is 2. The molecule has 2 aliphatic heterocycles. The van der Waals surface area contributed by atoms with E-state index in [0.717, 1.165) is 37.2 Å². The summed E-state index contributed by atoms with van der Waals surface area (Å²) in [7, 11) is 3.42. The van der Waals surface area contributed by atoms with Gasteiger partial charge in [0.2, 0.25) is 11.8 Å². The number of rotatable bonds is 5. The third-order valence-corrected chi connectivity index (χ3v) is 7.72. The molecule has 2 aliphatic rings. The van der Waals surface area contributed by atoms with Crippen LogP contribution in [0.15, 0.2) is 31.1 Å². The number of halogens is 1. The number of carbonyl (C=O) groups excluding carboxylic acids is 1. The van der Waals surface area contributed by atoms with Gasteiger partial charge in [-0.05, 0) is 37.0 Å². The topological polar surface area (TPSA) is 123 Å². The van der Waals surface area contributed by atoms with Crippen LogP contribution in [0, 0.1) is 17.8 Å². The summed E-state index contributed by atoms with van der Waals surface area (Å²) >= 11 is 6.22. The molecule has 5 heterocycles. The molecule has 3 N–H and O–H groups in total. The van der Waals surface area contributed by atoms with Crippen LogP contribution in [0.25, 0.3) is 22.3 Å². The van der Waals surface area contributed by atoms with E-state index in [2.05, 4.69) is 38.3 Å². The van der Waals surface area contributed by atoms with Gasteiger partial charge in [-0.3, -0.25) is 9.69 Å². The highest BCUT2D eigenvalue weighted by Gasteiger charge is 2.37. The van der Waals surface area contributed by atoms with Gasteiger partial charge < -0.3 is 25.0 Å². The summed E-state index contributed by atoms with van der Waals surface area (Å²) in [4.78, 5) is 29.4. The molecule has 0 radical (unpaired) electrons. The Hall–Kier alpha value is -3.65. The number of aryl methyl sites for hydroxylation is 1. The molecule has 0 bridgehead atoms. The van der Waals surface area contributed by atoms with Gasteiger partial charge in [0.25, 0.3) is 0 Å². The molecule has 2 fully saturated rings. The zero-order valence-electron chi connectivity index (χ0n) is 21.4. The summed E-state index contributed by atoms with van der Waals surface area (Å²) in [6, 6.07) is 3.67. The molecule has 38 heavy (non-hydrogen) atoms. The summed E-state index contributed by atoms with van der Waals surface area (Å²) in [5.41, 5.74) is 9.04. The fourth-order valence-electron chi connectivity index (χ4n) is 5.39. The monoisotopic (exact) mass is 535 g/mol. The molecule has 3 aromatic rings. The summed E-state index contributed by atoms with van der Waals surface area (Å²) < 4.78 is 7.25. The lowest BCUT2D eigenvalue weighted by Gasteiger charge is -2.48. The summed E-state index contributed by atoms with van der Waals surface area (Å²) in [6.07, 6.45) is 4.36. The zero-order valence-corrected chi connectivity index (χ0v) is 22.1. The van der Waals surface area contributed by atoms with Crippen molar-refractivity contribution in [2.24, 2.45) is 13.0 Å². The van der Waals surface area contributed by atoms with Crippen molar-refractivity contribution < 1.29 is 14.6 Å². The minimum absolute atomic E-state index is 0.0491. The number of fused-ring (bicyclic) bond motifs is 1. The number of ether oxygens (including phenoxy) is 1. The van der Waals surface area contributed by atoms with Gasteiger partial charge in [0.1, 0.15) is 28.5 Å². The molecule has 0 saturated carbocycles. The van der Waals surface area contributed by atoms with E-state index < -0.39 is 0 Å². The van der Waals surface area contributed by atoms with Crippen molar-refractivity contribution in [3.63, 3.8) is 0 Å². The Kier molecular flexibility index (Phi) is 7.25. The molecule has 11 heteroatoms. The lowest BCUT2D eigenvalue weighted by Crippen LogP contribution is -2.58. The number of nitrogens with two attached hydrogens (primary N) is 1. The highest BCUT2D eigenvalue weighted by atomic mass is 35.5. The van der Waals surface area contributed by atoms with Crippen molar-refractivity contribution in [2.45, 2.75) is 24.9 Å². The van der Waals surface area contributed by atoms with Crippen LogP contribution in [0.3, 0.4) is 0 Å². The molecule has 1 amide bonds. The second-order valence-electron chi connectivity index (χ2n) is 9.60. The first-order valence-electron chi connectivity index (χ1n) is 12.5. The quantitative estimate of drug-likeness (QED) is 0.376. The van der Waals surface area contributed by atoms with Crippen molar-refractivity contribution in [1.29, 1.82) is 0 Å². The van der Waals surface area contributed by atoms with Gasteiger partial charge in [-0.2, -0.15) is 0 Å². The summed E-state index contributed by atoms with van der Waals surface area (Å²) in [6.45, 7) is 5.81. The van der Waals surface area contributed by atoms with E-state index in [-0.39, 0.29) is 24.5 Å². The zero-order chi connectivity index (χ0) is 27.0. The lowest BCUT2D eigenvalue weighted by molar-refractivity contribution is -0.132. The fourth-order valence-corrected chi connectivity index (χ4v) is 5.57. The number of methoxy groups -OCH3 is 1. The number of likely N-dealkylation sites (tertiary alicyclic amines) is 2. The fraction of sp³-hybridized carbons (Fsp3) is 0.407. The average Bonchev–Trinajstić information content (AvgIpc) is 3.20. The molecule has 0 aromatic carbocycles. The van der Waals surface area contributed by atoms with Crippen molar-refractivity contribution in [1.82, 2.24) is 29.3 Å². The van der Waals surface area contributed by atoms with Crippen LogP contribution in [-0.4, -0.2) is 85.8 Å². The number of hydrogen-bond acceptors (Lipinski definition) is 8. The van der Waals surface area contributed by atoms with Crippen LogP contribution in [0.4, 0.5) is 5.82 Å². The molecule has 1 unspecified atom stereocenters. The van der Waals surface area contributed by atoms with Crippen LogP contribution in [-0.2, 0) is 11.8 Å². The van der Waals surface area contributed by atoms with E-state index in [4.69, 9.17) is 22.1 Å². The third-order valence-electron chi connectivity index (χ3n) is 7.44. The van der Waals surface area contributed by atoms with Crippen molar-refractivity contribution in [3.8, 4) is 29.0 Å². The molecule has 0 spiro atoms. The predicted octanol–water partition coefficient (Wildman–Crippen LogP) is 2.10. The Morgan fingerprint density at radius 3 is 2.87 bits per heavy atom. The number of pyridine rings is 1. The van der Waals surface area contributed by atoms with Crippen molar-refractivity contribution >= 4 is 34.4 Å². The van der Waals surface area contributed by atoms with Crippen LogP contribution >= 0.6 is 11.6 Å². The van der Waals surface area contributed by atoms with E-state index in [0.29, 0.717) is 46.0 Å². The molecule has 10 nitrogen and oxygen atoms in total. The smallest absolute Gasteiger partial charge is 0.246 e. The molecule has 2 saturated heterocycles. The standard InChI is InChI=1S/C27H30ClN7O3/c1-4-22(37)35-10-9-17(11-18(35)14-36)34-12-16(13-34)5-8-21-23(20-7-6-19(28)27(32-20)38-3)24-25(29)30-15-31-26(24)33(21)2/h4,6-7,15-18,36H,1,9-14H2,2-3H3,(H2,29,30,31)/t17?,18-/m0/s1. The minimum Gasteiger partial charge on any atom is -0.480 e. The largest absolute Gasteiger partial charge is 0.480 e. The Balaban J connectivity index is 1.39. The van der Waals surface area contributed by atoms with E-state index in [1.165, 1.54) is 19.5 Å². The van der Waals surface area contributed by atoms with E-state index in [1.807, 2.05) is 17.7 Å². The van der Waals surface area contributed by atoms with Crippen LogP contribution in [0.1, 0.15) is 18.5 Å². The Labute approximate surface area is 226 Å². The lowest BCUT2D eigenvalue weighted by atomic mass is 9.90. The SMILES string of the molecule is C=CC(=O)N1CCC(N2CC(C#Cc3c(-c4ccc(Cl)c(OC)n4)c4c(N)ncnc4n3C)C2)C[C@H]1CO. The first-order chi connectivity index (χ1) is 18.4. The van der Waals surface area contributed by atoms with Gasteiger partial charge in [0.15, 0.2) is 0 Å². The molecule has 0 aliphatic carbocycles. The maximum absolute atomic E-state index is 12.1. The van der Waals surface area contributed by atoms with Crippen LogP contribution in [0.5, 0.6) is 5.88 Å². The minimum atomic E-state index is -0.182. The molecule has 198 valence electrons. The van der Waals surface area contributed by atoms with Crippen LogP contribution < -0.4 is 10.5 Å². The normalized spacial score (nSPS) is 20.1. The number of aromatic nitrogens is 4. The predicted molar refractivity (Wildman–Crippen MR) is 145 cm³/mol. The molecule has 5 rings (SSSR count). The Morgan fingerprint density at radius 2 is 2.16 bits per heavy atom. The first kappa shape index (κ1) is 26.0. The number of piperidine rings is 1. The van der Waals surface area contributed by atoms with Gasteiger partial charge in [-0.25, -0.2) is 15.0 Å². The summed E-state index contributed by atoms with van der Waals surface area (Å²) in [5.74, 6) is 7.52. The second-order valence-corrected chi connectivity index (χ2v) is 10.0. The highest BCUT2D eigenvalue weighted by Crippen LogP contribution is 2.37. The Bertz CT molecular complexity index is 1450. The third kappa shape index (κ3) is 4.58. The molecular weight excluding hydrogens is 506 g/mol. The number of aliphatic hydroxyl groups is 1. The van der Waals surface area contributed by atoms with E-state index >= 15 is 0 Å². The first-order valence-corrected chi connectivity index (χ1v) is 12.8. The van der Waals surface area contributed by atoms with Gasteiger partial charge in [-0.15, -0.1) is 0 Å². The molecular formula is C27H30ClN7O3. The van der Waals surface area contributed by atoms with E-state index in [1.54, 1.807) is 11.0 Å². The number of aliphatic hydroxyl groups excluding tert-OH is 1. The van der Waals surface area contributed by atoms with Crippen LogP contribution in [0.2, 0.25) is 5.02 Å². The number of carbonyl (C=O) groups is 1. The number of amides is 1. The summed E-state index contributed by atoms with van der Waals surface area (Å²) in [5, 5.41) is 10.9. The average molecular weight is 536 g/mol. The maximum atomic E-state index is 12.1. The van der Waals surface area contributed by atoms with Gasteiger partial charge in [0, 0.05) is 44.2 Å². The highest BCUT2D eigenvalue weighted by molar-refractivity contribution is 6.31. The number of anilines is 1. The number of nitrogen functional groups attached to an aromatic ring is 1. The van der Waals surface area contributed by atoms with Gasteiger partial charge >= 0.3 is 0 Å². The van der Waals surface area contributed by atoms with Crippen molar-refractivity contribution in [2.75, 3.05) is 39.1 Å². The van der Waals surface area contributed by atoms with Gasteiger partial charge in [0.05, 0.1) is 30.8 Å². The molecule has 3 aromatic heterocycles. The Morgan fingerprint density at radius 1 is 1.37 bits per heavy atom. The van der Waals surface area contributed by atoms with E-state index in [9.17, 15) is 9.90 Å². The second kappa shape index (κ2) is 10.6. The van der Waals surface area contributed by atoms with Crippen molar-refractivity contribution in [3.05, 3.63) is 41.8 Å². The maximum Gasteiger partial charge on any atom is 0.246 e. The number of nitrogens with zero attached hydrogens (tertiary/aromatic N) is 6. The molecule has 2 atom stereocenters.